The van der Waals surface area contributed by atoms with Crippen molar-refractivity contribution < 1.29 is 23.8 Å². The number of benzene rings is 1. The van der Waals surface area contributed by atoms with Crippen molar-refractivity contribution >= 4 is 17.6 Å². The molecule has 0 aromatic heterocycles. The summed E-state index contributed by atoms with van der Waals surface area (Å²) in [4.78, 5) is 23.6. The summed E-state index contributed by atoms with van der Waals surface area (Å²) >= 11 is 0. The van der Waals surface area contributed by atoms with Crippen LogP contribution in [0.25, 0.3) is 0 Å². The molecule has 0 saturated carbocycles. The SMILES string of the molecule is COc1c(C)c2c(c(N)c1C/C=C(\C)CCC(=O)OC(C)C)C(=O)OC2. The molecule has 0 saturated heterocycles. The molecule has 6 nitrogen and oxygen atoms in total. The lowest BCUT2D eigenvalue weighted by Crippen LogP contribution is -2.11. The molecule has 1 aliphatic rings. The van der Waals surface area contributed by atoms with Crippen molar-refractivity contribution in [3.63, 3.8) is 0 Å². The highest BCUT2D eigenvalue weighted by molar-refractivity contribution is 6.00. The number of ether oxygens (including phenoxy) is 3. The van der Waals surface area contributed by atoms with Gasteiger partial charge in [0.15, 0.2) is 0 Å². The van der Waals surface area contributed by atoms with Gasteiger partial charge in [-0.3, -0.25) is 4.79 Å². The molecule has 1 aromatic rings. The smallest absolute Gasteiger partial charge is 0.341 e. The Morgan fingerprint density at radius 3 is 2.65 bits per heavy atom. The predicted octanol–water partition coefficient (Wildman–Crippen LogP) is 3.48. The molecule has 0 aliphatic carbocycles. The Balaban J connectivity index is 2.19. The molecule has 0 atom stereocenters. The van der Waals surface area contributed by atoms with E-state index in [4.69, 9.17) is 19.9 Å². The largest absolute Gasteiger partial charge is 0.496 e. The van der Waals surface area contributed by atoms with Crippen molar-refractivity contribution in [3.8, 4) is 5.75 Å². The molecule has 0 spiro atoms. The number of fused-ring (bicyclic) bond motifs is 1. The summed E-state index contributed by atoms with van der Waals surface area (Å²) in [6, 6.07) is 0. The summed E-state index contributed by atoms with van der Waals surface area (Å²) in [6.07, 6.45) is 3.36. The number of cyclic esters (lactones) is 1. The number of carbonyl (C=O) groups is 2. The van der Waals surface area contributed by atoms with Gasteiger partial charge in [-0.15, -0.1) is 0 Å². The summed E-state index contributed by atoms with van der Waals surface area (Å²) in [6.45, 7) is 7.75. The molecule has 0 radical (unpaired) electrons. The van der Waals surface area contributed by atoms with Gasteiger partial charge < -0.3 is 19.9 Å². The zero-order valence-electron chi connectivity index (χ0n) is 16.1. The van der Waals surface area contributed by atoms with Crippen LogP contribution in [0.5, 0.6) is 5.75 Å². The predicted molar refractivity (Wildman–Crippen MR) is 99.2 cm³/mol. The molecule has 0 bridgehead atoms. The number of methoxy groups -OCH3 is 1. The number of hydrogen-bond donors (Lipinski definition) is 1. The maximum Gasteiger partial charge on any atom is 0.341 e. The Morgan fingerprint density at radius 1 is 1.35 bits per heavy atom. The van der Waals surface area contributed by atoms with Crippen LogP contribution >= 0.6 is 0 Å². The fraction of sp³-hybridized carbons (Fsp3) is 0.500. The van der Waals surface area contributed by atoms with E-state index in [0.717, 1.165) is 22.3 Å². The average molecular weight is 361 g/mol. The molecule has 6 heteroatoms. The molecule has 0 amide bonds. The first-order valence-electron chi connectivity index (χ1n) is 8.76. The molecule has 0 unspecified atom stereocenters. The highest BCUT2D eigenvalue weighted by Gasteiger charge is 2.30. The van der Waals surface area contributed by atoms with Crippen LogP contribution in [0, 0.1) is 6.92 Å². The number of rotatable bonds is 7. The Morgan fingerprint density at radius 2 is 2.04 bits per heavy atom. The van der Waals surface area contributed by atoms with Crippen LogP contribution in [0.2, 0.25) is 0 Å². The summed E-state index contributed by atoms with van der Waals surface area (Å²) < 4.78 is 15.8. The fourth-order valence-corrected chi connectivity index (χ4v) is 3.09. The maximum absolute atomic E-state index is 12.0. The summed E-state index contributed by atoms with van der Waals surface area (Å²) in [5.74, 6) is 0.0884. The number of hydrogen-bond acceptors (Lipinski definition) is 6. The van der Waals surface area contributed by atoms with Crippen molar-refractivity contribution in [1.29, 1.82) is 0 Å². The quantitative estimate of drug-likeness (QED) is 0.454. The molecule has 1 heterocycles. The zero-order chi connectivity index (χ0) is 19.4. The number of anilines is 1. The first kappa shape index (κ1) is 19.8. The second-order valence-electron chi connectivity index (χ2n) is 6.77. The van der Waals surface area contributed by atoms with E-state index in [-0.39, 0.29) is 24.6 Å². The molecule has 1 aromatic carbocycles. The van der Waals surface area contributed by atoms with E-state index in [0.29, 0.717) is 36.3 Å². The molecule has 26 heavy (non-hydrogen) atoms. The molecule has 142 valence electrons. The van der Waals surface area contributed by atoms with Gasteiger partial charge in [-0.25, -0.2) is 4.79 Å². The third kappa shape index (κ3) is 4.18. The minimum atomic E-state index is -0.387. The Labute approximate surface area is 154 Å². The number of esters is 2. The number of nitrogen functional groups attached to an aromatic ring is 1. The van der Waals surface area contributed by atoms with Gasteiger partial charge in [-0.05, 0) is 46.1 Å². The van der Waals surface area contributed by atoms with E-state index in [2.05, 4.69) is 0 Å². The monoisotopic (exact) mass is 361 g/mol. The third-order valence-electron chi connectivity index (χ3n) is 4.46. The van der Waals surface area contributed by atoms with Crippen LogP contribution in [0.1, 0.15) is 60.7 Å². The lowest BCUT2D eigenvalue weighted by molar-refractivity contribution is -0.147. The second-order valence-corrected chi connectivity index (χ2v) is 6.77. The fourth-order valence-electron chi connectivity index (χ4n) is 3.09. The van der Waals surface area contributed by atoms with Gasteiger partial charge in [0.25, 0.3) is 0 Å². The van der Waals surface area contributed by atoms with Gasteiger partial charge in [-0.1, -0.05) is 11.6 Å². The Kier molecular flexibility index (Phi) is 6.29. The number of nitrogens with two attached hydrogens (primary N) is 1. The van der Waals surface area contributed by atoms with E-state index >= 15 is 0 Å². The van der Waals surface area contributed by atoms with Crippen molar-refractivity contribution in [2.45, 2.75) is 59.7 Å². The van der Waals surface area contributed by atoms with Crippen molar-refractivity contribution in [2.24, 2.45) is 0 Å². The number of allylic oxidation sites excluding steroid dienone is 2. The van der Waals surface area contributed by atoms with Crippen LogP contribution < -0.4 is 10.5 Å². The maximum atomic E-state index is 12.0. The standard InChI is InChI=1S/C20H27NO5/c1-11(2)26-16(22)9-7-12(3)6-8-14-18(21)17-15(10-25-20(17)23)13(4)19(14)24-5/h6,11H,7-10,21H2,1-5H3/b12-6+. The molecule has 2 N–H and O–H groups in total. The third-order valence-corrected chi connectivity index (χ3v) is 4.46. The highest BCUT2D eigenvalue weighted by atomic mass is 16.5. The summed E-state index contributed by atoms with van der Waals surface area (Å²) in [5, 5.41) is 0. The summed E-state index contributed by atoms with van der Waals surface area (Å²) in [7, 11) is 1.59. The zero-order valence-corrected chi connectivity index (χ0v) is 16.1. The van der Waals surface area contributed by atoms with Crippen LogP contribution in [0.3, 0.4) is 0 Å². The van der Waals surface area contributed by atoms with Gasteiger partial charge >= 0.3 is 11.9 Å². The van der Waals surface area contributed by atoms with Gasteiger partial charge in [0.1, 0.15) is 12.4 Å². The first-order chi connectivity index (χ1) is 12.3. The molecular weight excluding hydrogens is 334 g/mol. The Hall–Kier alpha value is -2.50. The average Bonchev–Trinajstić information content (AvgIpc) is 2.96. The van der Waals surface area contributed by atoms with Crippen LogP contribution in [0.4, 0.5) is 5.69 Å². The lowest BCUT2D eigenvalue weighted by atomic mass is 9.94. The molecule has 2 rings (SSSR count). The van der Waals surface area contributed by atoms with Gasteiger partial charge in [0.2, 0.25) is 0 Å². The number of carbonyl (C=O) groups excluding carboxylic acids is 2. The summed E-state index contributed by atoms with van der Waals surface area (Å²) in [5.41, 5.74) is 10.6. The molecular formula is C20H27NO5. The van der Waals surface area contributed by atoms with E-state index in [1.54, 1.807) is 7.11 Å². The van der Waals surface area contributed by atoms with Crippen LogP contribution in [-0.2, 0) is 27.3 Å². The van der Waals surface area contributed by atoms with Crippen molar-refractivity contribution in [2.75, 3.05) is 12.8 Å². The van der Waals surface area contributed by atoms with E-state index in [9.17, 15) is 9.59 Å². The lowest BCUT2D eigenvalue weighted by Gasteiger charge is -2.16. The van der Waals surface area contributed by atoms with Crippen molar-refractivity contribution in [1.82, 2.24) is 0 Å². The minimum absolute atomic E-state index is 0.106. The van der Waals surface area contributed by atoms with Gasteiger partial charge in [0, 0.05) is 17.5 Å². The molecule has 1 aliphatic heterocycles. The Bertz CT molecular complexity index is 749. The van der Waals surface area contributed by atoms with E-state index in [1.807, 2.05) is 33.8 Å². The minimum Gasteiger partial charge on any atom is -0.496 e. The highest BCUT2D eigenvalue weighted by Crippen LogP contribution is 2.39. The second kappa shape index (κ2) is 8.25. The van der Waals surface area contributed by atoms with Gasteiger partial charge in [-0.2, -0.15) is 0 Å². The van der Waals surface area contributed by atoms with Crippen molar-refractivity contribution in [3.05, 3.63) is 33.9 Å². The normalized spacial score (nSPS) is 13.6. The van der Waals surface area contributed by atoms with Crippen LogP contribution in [-0.4, -0.2) is 25.2 Å². The van der Waals surface area contributed by atoms with Crippen LogP contribution in [0.15, 0.2) is 11.6 Å². The topological polar surface area (TPSA) is 87.9 Å². The molecule has 0 fully saturated rings. The van der Waals surface area contributed by atoms with E-state index < -0.39 is 0 Å². The van der Waals surface area contributed by atoms with Gasteiger partial charge in [0.05, 0.1) is 24.5 Å². The van der Waals surface area contributed by atoms with E-state index in [1.165, 1.54) is 0 Å². The first-order valence-corrected chi connectivity index (χ1v) is 8.76.